The van der Waals surface area contributed by atoms with Crippen molar-refractivity contribution in [1.82, 2.24) is 0 Å². The number of hydrogen-bond donors (Lipinski definition) is 0. The largest absolute Gasteiger partial charge is 0.381 e. The summed E-state index contributed by atoms with van der Waals surface area (Å²) in [7, 11) is 1.79. The van der Waals surface area contributed by atoms with Gasteiger partial charge in [0.1, 0.15) is 0 Å². The maximum atomic E-state index is 5.36. The van der Waals surface area contributed by atoms with Crippen molar-refractivity contribution >= 4 is 22.7 Å². The summed E-state index contributed by atoms with van der Waals surface area (Å²) in [5.41, 5.74) is 3.90. The zero-order valence-electron chi connectivity index (χ0n) is 10.4. The quantitative estimate of drug-likeness (QED) is 0.589. The van der Waals surface area contributed by atoms with Gasteiger partial charge in [0.05, 0.1) is 6.10 Å². The van der Waals surface area contributed by atoms with E-state index in [1.54, 1.807) is 7.11 Å². The van der Waals surface area contributed by atoms with Crippen LogP contribution in [0.1, 0.15) is 37.3 Å². The van der Waals surface area contributed by atoms with Crippen LogP contribution in [0.25, 0.3) is 5.57 Å². The van der Waals surface area contributed by atoms with E-state index in [9.17, 15) is 0 Å². The van der Waals surface area contributed by atoms with Crippen LogP contribution in [0.5, 0.6) is 0 Å². The Hall–Kier alpha value is -0.990. The van der Waals surface area contributed by atoms with Crippen LogP contribution in [-0.2, 0) is 4.74 Å². The van der Waals surface area contributed by atoms with E-state index in [4.69, 9.17) is 17.0 Å². The molecule has 1 aliphatic rings. The standard InChI is InChI=1S/C15H18OS/c1-11(17)12-3-5-13(6-4-12)14-7-9-15(16-2)10-8-14/h3-7,15H,8-10H2,1-2H3. The van der Waals surface area contributed by atoms with Crippen molar-refractivity contribution in [1.29, 1.82) is 0 Å². The molecule has 0 saturated heterocycles. The van der Waals surface area contributed by atoms with Crippen LogP contribution in [0.4, 0.5) is 0 Å². The Morgan fingerprint density at radius 2 is 2.00 bits per heavy atom. The molecular formula is C15H18OS. The molecule has 1 aromatic carbocycles. The lowest BCUT2D eigenvalue weighted by atomic mass is 9.91. The van der Waals surface area contributed by atoms with Gasteiger partial charge in [-0.25, -0.2) is 0 Å². The van der Waals surface area contributed by atoms with Crippen LogP contribution in [0.15, 0.2) is 30.3 Å². The zero-order chi connectivity index (χ0) is 12.3. The summed E-state index contributed by atoms with van der Waals surface area (Å²) in [4.78, 5) is 0.952. The lowest BCUT2D eigenvalue weighted by molar-refractivity contribution is 0.0964. The van der Waals surface area contributed by atoms with Gasteiger partial charge < -0.3 is 4.74 Å². The molecule has 0 bridgehead atoms. The average molecular weight is 246 g/mol. The molecule has 0 fully saturated rings. The van der Waals surface area contributed by atoms with Gasteiger partial charge in [-0.2, -0.15) is 0 Å². The fourth-order valence-electron chi connectivity index (χ4n) is 2.21. The van der Waals surface area contributed by atoms with Crippen molar-refractivity contribution in [3.63, 3.8) is 0 Å². The second-order valence-corrected chi connectivity index (χ2v) is 5.11. The Morgan fingerprint density at radius 1 is 1.29 bits per heavy atom. The summed E-state index contributed by atoms with van der Waals surface area (Å²) in [5, 5.41) is 0. The first-order chi connectivity index (χ1) is 8.20. The minimum Gasteiger partial charge on any atom is -0.381 e. The maximum Gasteiger partial charge on any atom is 0.0609 e. The predicted molar refractivity (Wildman–Crippen MR) is 76.4 cm³/mol. The number of hydrogen-bond acceptors (Lipinski definition) is 2. The van der Waals surface area contributed by atoms with Gasteiger partial charge in [0.15, 0.2) is 0 Å². The summed E-state index contributed by atoms with van der Waals surface area (Å²) >= 11 is 5.16. The fraction of sp³-hybridized carbons (Fsp3) is 0.400. The van der Waals surface area contributed by atoms with E-state index in [2.05, 4.69) is 30.3 Å². The Kier molecular flexibility index (Phi) is 4.08. The first-order valence-corrected chi connectivity index (χ1v) is 6.44. The van der Waals surface area contributed by atoms with Crippen LogP contribution in [0.3, 0.4) is 0 Å². The highest BCUT2D eigenvalue weighted by Gasteiger charge is 2.14. The van der Waals surface area contributed by atoms with Gasteiger partial charge >= 0.3 is 0 Å². The molecule has 0 amide bonds. The molecule has 17 heavy (non-hydrogen) atoms. The number of ether oxygens (including phenoxy) is 1. The van der Waals surface area contributed by atoms with Crippen molar-refractivity contribution in [2.75, 3.05) is 7.11 Å². The van der Waals surface area contributed by atoms with E-state index in [1.807, 2.05) is 6.92 Å². The zero-order valence-corrected chi connectivity index (χ0v) is 11.2. The summed E-state index contributed by atoms with van der Waals surface area (Å²) in [6, 6.07) is 8.57. The van der Waals surface area contributed by atoms with Crippen molar-refractivity contribution < 1.29 is 4.74 Å². The molecule has 0 spiro atoms. The maximum absolute atomic E-state index is 5.36. The molecule has 90 valence electrons. The van der Waals surface area contributed by atoms with Gasteiger partial charge in [0.2, 0.25) is 0 Å². The predicted octanol–water partition coefficient (Wildman–Crippen LogP) is 4.01. The summed E-state index contributed by atoms with van der Waals surface area (Å²) < 4.78 is 5.36. The van der Waals surface area contributed by atoms with E-state index in [0.29, 0.717) is 6.10 Å². The van der Waals surface area contributed by atoms with E-state index in [-0.39, 0.29) is 0 Å². The lowest BCUT2D eigenvalue weighted by Crippen LogP contribution is -2.13. The highest BCUT2D eigenvalue weighted by molar-refractivity contribution is 7.80. The molecule has 0 heterocycles. The second-order valence-electron chi connectivity index (χ2n) is 4.49. The number of thiocarbonyl (C=S) groups is 1. The third-order valence-corrected chi connectivity index (χ3v) is 3.59. The average Bonchev–Trinajstić information content (AvgIpc) is 2.39. The molecular weight excluding hydrogens is 228 g/mol. The molecule has 0 aromatic heterocycles. The number of rotatable bonds is 3. The van der Waals surface area contributed by atoms with Crippen molar-refractivity contribution in [3.8, 4) is 0 Å². The normalized spacial score (nSPS) is 19.9. The molecule has 0 aliphatic heterocycles. The third kappa shape index (κ3) is 3.02. The first-order valence-electron chi connectivity index (χ1n) is 6.04. The second kappa shape index (κ2) is 5.56. The van der Waals surface area contributed by atoms with Gasteiger partial charge in [-0.1, -0.05) is 42.6 Å². The van der Waals surface area contributed by atoms with Gasteiger partial charge in [0.25, 0.3) is 0 Å². The van der Waals surface area contributed by atoms with E-state index >= 15 is 0 Å². The molecule has 1 atom stereocenters. The molecule has 1 aliphatic carbocycles. The van der Waals surface area contributed by atoms with Crippen LogP contribution >= 0.6 is 12.2 Å². The molecule has 2 heteroatoms. The van der Waals surface area contributed by atoms with Gasteiger partial charge in [-0.3, -0.25) is 0 Å². The number of methoxy groups -OCH3 is 1. The van der Waals surface area contributed by atoms with Crippen molar-refractivity contribution in [2.24, 2.45) is 0 Å². The summed E-state index contributed by atoms with van der Waals surface area (Å²) in [5.74, 6) is 0. The van der Waals surface area contributed by atoms with E-state index in [1.165, 1.54) is 11.1 Å². The summed E-state index contributed by atoms with van der Waals surface area (Å²) in [6.45, 7) is 1.97. The highest BCUT2D eigenvalue weighted by atomic mass is 32.1. The fourth-order valence-corrected chi connectivity index (χ4v) is 2.34. The Balaban J connectivity index is 2.13. The Labute approximate surface area is 108 Å². The smallest absolute Gasteiger partial charge is 0.0609 e. The highest BCUT2D eigenvalue weighted by Crippen LogP contribution is 2.28. The Bertz CT molecular complexity index is 431. The minimum atomic E-state index is 0.404. The Morgan fingerprint density at radius 3 is 2.47 bits per heavy atom. The van der Waals surface area contributed by atoms with Crippen molar-refractivity contribution in [2.45, 2.75) is 32.3 Å². The van der Waals surface area contributed by atoms with Gasteiger partial charge in [-0.05, 0) is 42.9 Å². The molecule has 1 nitrogen and oxygen atoms in total. The molecule has 0 radical (unpaired) electrons. The van der Waals surface area contributed by atoms with Crippen LogP contribution < -0.4 is 0 Å². The topological polar surface area (TPSA) is 9.23 Å². The lowest BCUT2D eigenvalue weighted by Gasteiger charge is -2.20. The number of benzene rings is 1. The first kappa shape index (κ1) is 12.5. The van der Waals surface area contributed by atoms with Crippen LogP contribution in [0, 0.1) is 0 Å². The molecule has 1 aromatic rings. The molecule has 0 N–H and O–H groups in total. The van der Waals surface area contributed by atoms with Crippen LogP contribution in [-0.4, -0.2) is 18.1 Å². The van der Waals surface area contributed by atoms with Crippen molar-refractivity contribution in [3.05, 3.63) is 41.5 Å². The van der Waals surface area contributed by atoms with Crippen LogP contribution in [0.2, 0.25) is 0 Å². The SMILES string of the molecule is COC1CC=C(c2ccc(C(C)=S)cc2)CC1. The molecule has 0 saturated carbocycles. The molecule has 2 rings (SSSR count). The molecule has 1 unspecified atom stereocenters. The summed E-state index contributed by atoms with van der Waals surface area (Å²) in [6.07, 6.45) is 5.96. The third-order valence-electron chi connectivity index (χ3n) is 3.36. The van der Waals surface area contributed by atoms with Gasteiger partial charge in [0, 0.05) is 12.0 Å². The number of allylic oxidation sites excluding steroid dienone is 1. The van der Waals surface area contributed by atoms with Gasteiger partial charge in [-0.15, -0.1) is 0 Å². The minimum absolute atomic E-state index is 0.404. The van der Waals surface area contributed by atoms with E-state index in [0.717, 1.165) is 29.7 Å². The van der Waals surface area contributed by atoms with E-state index < -0.39 is 0 Å². The monoisotopic (exact) mass is 246 g/mol.